The van der Waals surface area contributed by atoms with Crippen molar-refractivity contribution in [2.45, 2.75) is 49.9 Å². The second-order valence-electron chi connectivity index (χ2n) is 9.21. The first-order valence-corrected chi connectivity index (χ1v) is 14.9. The first kappa shape index (κ1) is 23.7. The molecule has 1 saturated carbocycles. The molecule has 0 bridgehead atoms. The number of hydrogen-bond donors (Lipinski definition) is 0. The van der Waals surface area contributed by atoms with Crippen molar-refractivity contribution in [1.82, 2.24) is 14.1 Å². The van der Waals surface area contributed by atoms with Gasteiger partial charge in [-0.1, -0.05) is 43.2 Å². The Labute approximate surface area is 191 Å². The molecule has 1 aromatic rings. The maximum atomic E-state index is 13.3. The van der Waals surface area contributed by atoms with E-state index in [1.807, 2.05) is 40.1 Å². The summed E-state index contributed by atoms with van der Waals surface area (Å²) in [7, 11) is -6.47. The van der Waals surface area contributed by atoms with Crippen LogP contribution in [0.3, 0.4) is 0 Å². The first-order valence-electron chi connectivity index (χ1n) is 11.5. The third-order valence-electron chi connectivity index (χ3n) is 6.88. The molecule has 0 N–H and O–H groups in total. The van der Waals surface area contributed by atoms with Crippen LogP contribution in [-0.2, 0) is 30.4 Å². The summed E-state index contributed by atoms with van der Waals surface area (Å²) in [6, 6.07) is 9.07. The predicted molar refractivity (Wildman–Crippen MR) is 123 cm³/mol. The largest absolute Gasteiger partial charge is 0.335 e. The van der Waals surface area contributed by atoms with Gasteiger partial charge in [-0.2, -0.15) is 4.31 Å². The SMILES string of the molecule is O=C(CN1CCN(S(=O)(=O)Cc2ccccc2)CC1)N(C1CCCC1)[C@H]1CCS(=O)(=O)C1. The van der Waals surface area contributed by atoms with Crippen LogP contribution < -0.4 is 0 Å². The average Bonchev–Trinajstić information content (AvgIpc) is 3.39. The smallest absolute Gasteiger partial charge is 0.237 e. The van der Waals surface area contributed by atoms with Crippen molar-refractivity contribution in [1.29, 1.82) is 0 Å². The van der Waals surface area contributed by atoms with Crippen LogP contribution in [0.1, 0.15) is 37.7 Å². The molecule has 2 heterocycles. The molecule has 1 aliphatic carbocycles. The third-order valence-corrected chi connectivity index (χ3v) is 10.5. The van der Waals surface area contributed by atoms with Crippen LogP contribution in [0.4, 0.5) is 0 Å². The van der Waals surface area contributed by atoms with Crippen molar-refractivity contribution < 1.29 is 21.6 Å². The highest BCUT2D eigenvalue weighted by Crippen LogP contribution is 2.29. The number of piperazine rings is 1. The average molecular weight is 484 g/mol. The van der Waals surface area contributed by atoms with Gasteiger partial charge in [0.25, 0.3) is 0 Å². The minimum absolute atomic E-state index is 0.0143. The molecule has 2 aliphatic heterocycles. The van der Waals surface area contributed by atoms with E-state index >= 15 is 0 Å². The Morgan fingerprint density at radius 1 is 0.969 bits per heavy atom. The van der Waals surface area contributed by atoms with E-state index in [9.17, 15) is 21.6 Å². The monoisotopic (exact) mass is 483 g/mol. The maximum absolute atomic E-state index is 13.3. The summed E-state index contributed by atoms with van der Waals surface area (Å²) in [4.78, 5) is 17.1. The molecule has 0 unspecified atom stereocenters. The molecule has 3 aliphatic rings. The summed E-state index contributed by atoms with van der Waals surface area (Å²) in [6.45, 7) is 1.95. The lowest BCUT2D eigenvalue weighted by molar-refractivity contribution is -0.137. The Hall–Kier alpha value is -1.49. The number of hydrogen-bond acceptors (Lipinski definition) is 6. The van der Waals surface area contributed by atoms with Crippen LogP contribution in [-0.4, -0.2) is 93.2 Å². The van der Waals surface area contributed by atoms with E-state index in [0.717, 1.165) is 31.2 Å². The van der Waals surface area contributed by atoms with E-state index in [1.54, 1.807) is 0 Å². The molecule has 8 nitrogen and oxygen atoms in total. The van der Waals surface area contributed by atoms with E-state index in [4.69, 9.17) is 0 Å². The minimum atomic E-state index is -3.40. The summed E-state index contributed by atoms with van der Waals surface area (Å²) in [5.74, 6) is 0.199. The molecule has 1 aromatic carbocycles. The molecule has 0 spiro atoms. The van der Waals surface area contributed by atoms with Crippen molar-refractivity contribution in [3.05, 3.63) is 35.9 Å². The van der Waals surface area contributed by atoms with Gasteiger partial charge in [0, 0.05) is 38.3 Å². The summed E-state index contributed by atoms with van der Waals surface area (Å²) in [5.41, 5.74) is 0.767. The number of amides is 1. The highest BCUT2D eigenvalue weighted by Gasteiger charge is 2.39. The molecule has 10 heteroatoms. The van der Waals surface area contributed by atoms with Crippen LogP contribution in [0.2, 0.25) is 0 Å². The van der Waals surface area contributed by atoms with Crippen LogP contribution in [0.25, 0.3) is 0 Å². The molecule has 4 rings (SSSR count). The molecule has 0 aromatic heterocycles. The second kappa shape index (κ2) is 9.79. The van der Waals surface area contributed by atoms with Gasteiger partial charge in [-0.05, 0) is 24.8 Å². The quantitative estimate of drug-likeness (QED) is 0.576. The molecular weight excluding hydrogens is 450 g/mol. The van der Waals surface area contributed by atoms with Gasteiger partial charge >= 0.3 is 0 Å². The number of sulfonamides is 1. The lowest BCUT2D eigenvalue weighted by atomic mass is 10.1. The van der Waals surface area contributed by atoms with Crippen molar-refractivity contribution in [2.75, 3.05) is 44.2 Å². The zero-order chi connectivity index (χ0) is 22.8. The van der Waals surface area contributed by atoms with Crippen LogP contribution in [0, 0.1) is 0 Å². The van der Waals surface area contributed by atoms with Crippen molar-refractivity contribution in [3.63, 3.8) is 0 Å². The lowest BCUT2D eigenvalue weighted by Gasteiger charge is -2.38. The van der Waals surface area contributed by atoms with E-state index < -0.39 is 19.9 Å². The number of nitrogens with zero attached hydrogens (tertiary/aromatic N) is 3. The van der Waals surface area contributed by atoms with Gasteiger partial charge in [0.05, 0.1) is 23.8 Å². The highest BCUT2D eigenvalue weighted by atomic mass is 32.2. The van der Waals surface area contributed by atoms with Crippen molar-refractivity contribution in [3.8, 4) is 0 Å². The van der Waals surface area contributed by atoms with Gasteiger partial charge in [-0.25, -0.2) is 16.8 Å². The number of carbonyl (C=O) groups is 1. The van der Waals surface area contributed by atoms with E-state index in [0.29, 0.717) is 32.6 Å². The van der Waals surface area contributed by atoms with Gasteiger partial charge < -0.3 is 4.90 Å². The molecule has 32 heavy (non-hydrogen) atoms. The van der Waals surface area contributed by atoms with Gasteiger partial charge in [0.1, 0.15) is 0 Å². The lowest BCUT2D eigenvalue weighted by Crippen LogP contribution is -2.54. The summed E-state index contributed by atoms with van der Waals surface area (Å²) in [5, 5.41) is 0. The number of benzene rings is 1. The van der Waals surface area contributed by atoms with Crippen LogP contribution in [0.15, 0.2) is 30.3 Å². The van der Waals surface area contributed by atoms with Gasteiger partial charge in [0.15, 0.2) is 9.84 Å². The molecule has 2 saturated heterocycles. The molecule has 3 fully saturated rings. The number of sulfone groups is 1. The zero-order valence-corrected chi connectivity index (χ0v) is 20.1. The maximum Gasteiger partial charge on any atom is 0.237 e. The van der Waals surface area contributed by atoms with Gasteiger partial charge in [-0.3, -0.25) is 9.69 Å². The third kappa shape index (κ3) is 5.70. The van der Waals surface area contributed by atoms with Crippen molar-refractivity contribution >= 4 is 25.8 Å². The summed E-state index contributed by atoms with van der Waals surface area (Å²) >= 11 is 0. The summed E-state index contributed by atoms with van der Waals surface area (Å²) < 4.78 is 51.1. The van der Waals surface area contributed by atoms with E-state index in [-0.39, 0.29) is 41.8 Å². The van der Waals surface area contributed by atoms with Crippen LogP contribution in [0.5, 0.6) is 0 Å². The fraction of sp³-hybridized carbons (Fsp3) is 0.682. The standard InChI is InChI=1S/C22H33N3O5S2/c26-22(25(20-8-4-5-9-20)21-10-15-31(27,28)18-21)16-23-11-13-24(14-12-23)32(29,30)17-19-6-2-1-3-7-19/h1-3,6-7,20-21H,4-5,8-18H2/t21-/m0/s1. The first-order chi connectivity index (χ1) is 15.2. The number of rotatable bonds is 7. The zero-order valence-electron chi connectivity index (χ0n) is 18.4. The Balaban J connectivity index is 1.34. The minimum Gasteiger partial charge on any atom is -0.335 e. The fourth-order valence-electron chi connectivity index (χ4n) is 5.20. The van der Waals surface area contributed by atoms with Gasteiger partial charge in [0.2, 0.25) is 15.9 Å². The molecule has 1 amide bonds. The molecule has 0 radical (unpaired) electrons. The van der Waals surface area contributed by atoms with E-state index in [1.165, 1.54) is 4.31 Å². The Morgan fingerprint density at radius 3 is 2.22 bits per heavy atom. The highest BCUT2D eigenvalue weighted by molar-refractivity contribution is 7.91. The van der Waals surface area contributed by atoms with Crippen LogP contribution >= 0.6 is 0 Å². The molecular formula is C22H33N3O5S2. The van der Waals surface area contributed by atoms with Gasteiger partial charge in [-0.15, -0.1) is 0 Å². The van der Waals surface area contributed by atoms with E-state index in [2.05, 4.69) is 0 Å². The predicted octanol–water partition coefficient (Wildman–Crippen LogP) is 1.09. The molecule has 178 valence electrons. The topological polar surface area (TPSA) is 95.1 Å². The normalized spacial score (nSPS) is 25.2. The summed E-state index contributed by atoms with van der Waals surface area (Å²) in [6.07, 6.45) is 4.55. The number of carbonyl (C=O) groups excluding carboxylic acids is 1. The Bertz CT molecular complexity index is 999. The second-order valence-corrected chi connectivity index (χ2v) is 13.4. The van der Waals surface area contributed by atoms with Crippen molar-refractivity contribution in [2.24, 2.45) is 0 Å². The molecule has 1 atom stereocenters. The Morgan fingerprint density at radius 2 is 1.62 bits per heavy atom. The fourth-order valence-corrected chi connectivity index (χ4v) is 8.42. The Kier molecular flexibility index (Phi) is 7.24.